The first-order valence-corrected chi connectivity index (χ1v) is 9.98. The van der Waals surface area contributed by atoms with E-state index in [0.29, 0.717) is 28.5 Å². The van der Waals surface area contributed by atoms with Crippen molar-refractivity contribution >= 4 is 29.5 Å². The molecule has 0 aromatic heterocycles. The molecule has 0 fully saturated rings. The summed E-state index contributed by atoms with van der Waals surface area (Å²) in [6.45, 7) is 2.29. The van der Waals surface area contributed by atoms with Gasteiger partial charge in [0, 0.05) is 17.7 Å². The zero-order chi connectivity index (χ0) is 22.4. The molecule has 2 amide bonds. The fraction of sp³-hybridized carbons (Fsp3) is 0.208. The van der Waals surface area contributed by atoms with Crippen molar-refractivity contribution in [2.45, 2.75) is 13.5 Å². The van der Waals surface area contributed by atoms with Gasteiger partial charge in [0.15, 0.2) is 0 Å². The maximum atomic E-state index is 12.9. The summed E-state index contributed by atoms with van der Waals surface area (Å²) in [6, 6.07) is 16.6. The summed E-state index contributed by atoms with van der Waals surface area (Å²) in [5, 5.41) is 10.1. The molecular weight excluding hydrogens is 416 g/mol. The highest BCUT2D eigenvalue weighted by Gasteiger charge is 2.35. The van der Waals surface area contributed by atoms with Crippen molar-refractivity contribution in [3.8, 4) is 11.8 Å². The Labute approximate surface area is 185 Å². The average Bonchev–Trinajstić information content (AvgIpc) is 2.77. The quantitative estimate of drug-likeness (QED) is 0.481. The van der Waals surface area contributed by atoms with Crippen LogP contribution in [-0.4, -0.2) is 37.0 Å². The second kappa shape index (κ2) is 10.1. The predicted octanol–water partition coefficient (Wildman–Crippen LogP) is 4.16. The number of nitrogens with zero attached hydrogens (tertiary/aromatic N) is 2. The van der Waals surface area contributed by atoms with Gasteiger partial charge in [-0.1, -0.05) is 35.9 Å². The van der Waals surface area contributed by atoms with Crippen LogP contribution in [0.3, 0.4) is 0 Å². The van der Waals surface area contributed by atoms with E-state index >= 15 is 0 Å². The summed E-state index contributed by atoms with van der Waals surface area (Å²) in [7, 11) is 1.48. The fourth-order valence-electron chi connectivity index (χ4n) is 3.09. The predicted molar refractivity (Wildman–Crippen MR) is 117 cm³/mol. The van der Waals surface area contributed by atoms with Crippen molar-refractivity contribution < 1.29 is 19.1 Å². The van der Waals surface area contributed by atoms with E-state index in [2.05, 4.69) is 0 Å². The lowest BCUT2D eigenvalue weighted by molar-refractivity contribution is -0.141. The van der Waals surface area contributed by atoms with Gasteiger partial charge in [-0.2, -0.15) is 5.26 Å². The van der Waals surface area contributed by atoms with Gasteiger partial charge in [-0.25, -0.2) is 0 Å². The third-order valence-electron chi connectivity index (χ3n) is 4.85. The topological polar surface area (TPSA) is 79.6 Å². The van der Waals surface area contributed by atoms with Crippen LogP contribution in [-0.2, 0) is 20.9 Å². The van der Waals surface area contributed by atoms with Gasteiger partial charge < -0.3 is 9.47 Å². The zero-order valence-corrected chi connectivity index (χ0v) is 18.0. The third kappa shape index (κ3) is 5.21. The number of nitriles is 1. The first kappa shape index (κ1) is 22.3. The van der Waals surface area contributed by atoms with Crippen LogP contribution in [0.5, 0.6) is 5.75 Å². The first-order chi connectivity index (χ1) is 14.9. The highest BCUT2D eigenvalue weighted by atomic mass is 35.5. The number of amides is 2. The molecule has 0 N–H and O–H groups in total. The van der Waals surface area contributed by atoms with Crippen LogP contribution in [0.1, 0.15) is 18.1 Å². The van der Waals surface area contributed by atoms with Crippen LogP contribution >= 0.6 is 11.6 Å². The fourth-order valence-corrected chi connectivity index (χ4v) is 3.22. The number of halogens is 1. The van der Waals surface area contributed by atoms with Crippen LogP contribution in [0.2, 0.25) is 5.02 Å². The summed E-state index contributed by atoms with van der Waals surface area (Å²) in [5.41, 5.74) is 2.38. The van der Waals surface area contributed by atoms with Crippen molar-refractivity contribution in [2.75, 3.05) is 20.3 Å². The number of benzene rings is 2. The summed E-state index contributed by atoms with van der Waals surface area (Å²) < 4.78 is 10.8. The second-order valence-corrected chi connectivity index (χ2v) is 7.35. The Hall–Kier alpha value is -3.40. The van der Waals surface area contributed by atoms with Crippen molar-refractivity contribution in [2.24, 2.45) is 0 Å². The summed E-state index contributed by atoms with van der Waals surface area (Å²) >= 11 is 5.89. The van der Waals surface area contributed by atoms with Crippen molar-refractivity contribution in [3.63, 3.8) is 0 Å². The lowest BCUT2D eigenvalue weighted by Gasteiger charge is -2.27. The third-order valence-corrected chi connectivity index (χ3v) is 5.11. The van der Waals surface area contributed by atoms with Gasteiger partial charge in [0.1, 0.15) is 24.0 Å². The molecule has 0 saturated carbocycles. The highest BCUT2D eigenvalue weighted by Crippen LogP contribution is 2.27. The van der Waals surface area contributed by atoms with E-state index in [1.807, 2.05) is 42.5 Å². The number of carbonyl (C=O) groups is 2. The molecular formula is C24H21ClN2O4. The minimum absolute atomic E-state index is 0.0372. The van der Waals surface area contributed by atoms with Gasteiger partial charge >= 0.3 is 0 Å². The van der Waals surface area contributed by atoms with Gasteiger partial charge in [-0.3, -0.25) is 14.5 Å². The Morgan fingerprint density at radius 3 is 2.35 bits per heavy atom. The van der Waals surface area contributed by atoms with Crippen LogP contribution in [0, 0.1) is 11.3 Å². The van der Waals surface area contributed by atoms with Crippen molar-refractivity contribution in [1.82, 2.24) is 4.90 Å². The second-order valence-electron chi connectivity index (χ2n) is 6.91. The summed E-state index contributed by atoms with van der Waals surface area (Å²) in [6.07, 6.45) is 1.67. The molecule has 1 aliphatic heterocycles. The Bertz CT molecular complexity index is 1080. The Morgan fingerprint density at radius 2 is 1.74 bits per heavy atom. The standard InChI is InChI=1S/C24H21ClN2O4/c1-16-21(23(28)27(11-12-30-2)24(29)22(16)14-26)13-17-5-9-20(10-6-17)31-15-18-3-7-19(25)8-4-18/h3-10,13H,11-12,15H2,1-2H3/b21-13+. The molecule has 1 heterocycles. The molecule has 2 aromatic rings. The van der Waals surface area contributed by atoms with E-state index in [4.69, 9.17) is 21.1 Å². The first-order valence-electron chi connectivity index (χ1n) is 9.60. The number of ether oxygens (including phenoxy) is 2. The van der Waals surface area contributed by atoms with Gasteiger partial charge in [0.25, 0.3) is 11.8 Å². The zero-order valence-electron chi connectivity index (χ0n) is 17.2. The van der Waals surface area contributed by atoms with Crippen molar-refractivity contribution in [3.05, 3.63) is 81.4 Å². The van der Waals surface area contributed by atoms with E-state index in [-0.39, 0.29) is 18.7 Å². The highest BCUT2D eigenvalue weighted by molar-refractivity contribution is 6.30. The Morgan fingerprint density at radius 1 is 1.06 bits per heavy atom. The number of imide groups is 1. The molecule has 0 radical (unpaired) electrons. The minimum atomic E-state index is -0.592. The molecule has 1 aliphatic rings. The molecule has 6 nitrogen and oxygen atoms in total. The van der Waals surface area contributed by atoms with E-state index < -0.39 is 11.8 Å². The van der Waals surface area contributed by atoms with Gasteiger partial charge in [0.2, 0.25) is 0 Å². The number of rotatable bonds is 7. The molecule has 2 aromatic carbocycles. The lowest BCUT2D eigenvalue weighted by Crippen LogP contribution is -2.44. The van der Waals surface area contributed by atoms with Crippen molar-refractivity contribution in [1.29, 1.82) is 5.26 Å². The molecule has 0 bridgehead atoms. The SMILES string of the molecule is COCCN1C(=O)C(C#N)=C(C)/C(=C\c2ccc(OCc3ccc(Cl)cc3)cc2)C1=O. The smallest absolute Gasteiger partial charge is 0.271 e. The minimum Gasteiger partial charge on any atom is -0.489 e. The Balaban J connectivity index is 1.79. The molecule has 0 unspecified atom stereocenters. The summed E-state index contributed by atoms with van der Waals surface area (Å²) in [4.78, 5) is 26.4. The molecule has 0 aliphatic carbocycles. The lowest BCUT2D eigenvalue weighted by atomic mass is 9.93. The molecule has 7 heteroatoms. The largest absolute Gasteiger partial charge is 0.489 e. The molecule has 0 saturated heterocycles. The van der Waals surface area contributed by atoms with Gasteiger partial charge in [-0.05, 0) is 54.0 Å². The molecule has 3 rings (SSSR count). The summed E-state index contributed by atoms with van der Waals surface area (Å²) in [5.74, 6) is -0.360. The molecule has 0 atom stereocenters. The molecule has 0 spiro atoms. The number of hydrogen-bond acceptors (Lipinski definition) is 5. The molecule has 158 valence electrons. The number of methoxy groups -OCH3 is 1. The normalized spacial score (nSPS) is 15.4. The molecule has 31 heavy (non-hydrogen) atoms. The number of carbonyl (C=O) groups excluding carboxylic acids is 2. The number of hydrogen-bond donors (Lipinski definition) is 0. The monoisotopic (exact) mass is 436 g/mol. The van der Waals surface area contributed by atoms with Gasteiger partial charge in [0.05, 0.1) is 13.2 Å². The van der Waals surface area contributed by atoms with E-state index in [1.54, 1.807) is 25.1 Å². The maximum absolute atomic E-state index is 12.9. The van der Waals surface area contributed by atoms with E-state index in [9.17, 15) is 14.9 Å². The van der Waals surface area contributed by atoms with E-state index in [1.165, 1.54) is 7.11 Å². The maximum Gasteiger partial charge on any atom is 0.271 e. The van der Waals surface area contributed by atoms with Crippen LogP contribution in [0.25, 0.3) is 6.08 Å². The Kier molecular flexibility index (Phi) is 7.24. The average molecular weight is 437 g/mol. The van der Waals surface area contributed by atoms with Gasteiger partial charge in [-0.15, -0.1) is 0 Å². The van der Waals surface area contributed by atoms with Crippen LogP contribution < -0.4 is 4.74 Å². The van der Waals surface area contributed by atoms with Crippen LogP contribution in [0.4, 0.5) is 0 Å². The van der Waals surface area contributed by atoms with Crippen LogP contribution in [0.15, 0.2) is 65.3 Å². The van der Waals surface area contributed by atoms with E-state index in [0.717, 1.165) is 16.0 Å².